The molecule has 19 heavy (non-hydrogen) atoms. The molecule has 1 fully saturated rings. The van der Waals surface area contributed by atoms with Crippen molar-refractivity contribution in [3.05, 3.63) is 28.8 Å². The predicted octanol–water partition coefficient (Wildman–Crippen LogP) is 3.93. The smallest absolute Gasteiger partial charge is 0.0642 e. The lowest BCUT2D eigenvalue weighted by Crippen LogP contribution is -2.26. The van der Waals surface area contributed by atoms with Crippen LogP contribution < -0.4 is 10.2 Å². The molecule has 106 valence electrons. The van der Waals surface area contributed by atoms with Crippen LogP contribution in [0.5, 0.6) is 0 Å². The number of para-hydroxylation sites is 1. The number of rotatable bonds is 6. The molecule has 2 rings (SSSR count). The molecule has 0 radical (unpaired) electrons. The normalized spacial score (nSPS) is 21.8. The van der Waals surface area contributed by atoms with E-state index in [-0.39, 0.29) is 0 Å². The minimum atomic E-state index is 0.487. The summed E-state index contributed by atoms with van der Waals surface area (Å²) in [5.41, 5.74) is 2.48. The second kappa shape index (κ2) is 6.15. The summed E-state index contributed by atoms with van der Waals surface area (Å²) in [6, 6.07) is 6.68. The maximum Gasteiger partial charge on any atom is 0.0642 e. The van der Waals surface area contributed by atoms with Gasteiger partial charge in [0, 0.05) is 26.2 Å². The monoisotopic (exact) mass is 280 g/mol. The third-order valence-corrected chi connectivity index (χ3v) is 4.24. The molecule has 0 heterocycles. The maximum absolute atomic E-state index is 6.41. The van der Waals surface area contributed by atoms with Crippen molar-refractivity contribution in [2.24, 2.45) is 11.8 Å². The summed E-state index contributed by atoms with van der Waals surface area (Å²) in [4.78, 5) is 2.33. The molecule has 1 aromatic carbocycles. The maximum atomic E-state index is 6.41. The SMILES string of the molecule is CC(C)NCc1cccc(Cl)c1N(C)CC1CC1C. The molecule has 0 spiro atoms. The Morgan fingerprint density at radius 3 is 2.68 bits per heavy atom. The van der Waals surface area contributed by atoms with Crippen LogP contribution in [0.2, 0.25) is 5.02 Å². The van der Waals surface area contributed by atoms with Crippen LogP contribution >= 0.6 is 11.6 Å². The summed E-state index contributed by atoms with van der Waals surface area (Å²) in [6.45, 7) is 8.64. The van der Waals surface area contributed by atoms with Crippen LogP contribution in [0.25, 0.3) is 0 Å². The number of benzene rings is 1. The van der Waals surface area contributed by atoms with Crippen molar-refractivity contribution >= 4 is 17.3 Å². The van der Waals surface area contributed by atoms with Crippen molar-refractivity contribution in [1.29, 1.82) is 0 Å². The quantitative estimate of drug-likeness (QED) is 0.849. The van der Waals surface area contributed by atoms with E-state index in [1.54, 1.807) is 0 Å². The van der Waals surface area contributed by atoms with E-state index < -0.39 is 0 Å². The number of halogens is 1. The molecule has 0 bridgehead atoms. The molecule has 1 saturated carbocycles. The Labute approximate surface area is 122 Å². The van der Waals surface area contributed by atoms with Gasteiger partial charge in [0.1, 0.15) is 0 Å². The molecule has 2 atom stereocenters. The summed E-state index contributed by atoms with van der Waals surface area (Å²) in [7, 11) is 2.16. The Morgan fingerprint density at radius 2 is 2.11 bits per heavy atom. The molecule has 3 heteroatoms. The van der Waals surface area contributed by atoms with Gasteiger partial charge in [0.25, 0.3) is 0 Å². The Bertz CT molecular complexity index is 431. The average molecular weight is 281 g/mol. The molecule has 2 unspecified atom stereocenters. The van der Waals surface area contributed by atoms with Gasteiger partial charge in [-0.25, -0.2) is 0 Å². The fourth-order valence-electron chi connectivity index (χ4n) is 2.54. The Balaban J connectivity index is 2.11. The lowest BCUT2D eigenvalue weighted by atomic mass is 10.1. The molecule has 2 nitrogen and oxygen atoms in total. The van der Waals surface area contributed by atoms with Gasteiger partial charge >= 0.3 is 0 Å². The highest BCUT2D eigenvalue weighted by Gasteiger charge is 2.33. The zero-order chi connectivity index (χ0) is 14.0. The van der Waals surface area contributed by atoms with E-state index in [4.69, 9.17) is 11.6 Å². The first-order valence-corrected chi connectivity index (χ1v) is 7.58. The Hall–Kier alpha value is -0.730. The van der Waals surface area contributed by atoms with E-state index in [9.17, 15) is 0 Å². The molecule has 1 aliphatic carbocycles. The van der Waals surface area contributed by atoms with Crippen molar-refractivity contribution in [2.45, 2.75) is 39.8 Å². The summed E-state index contributed by atoms with van der Waals surface area (Å²) in [5, 5.41) is 4.34. The highest BCUT2D eigenvalue weighted by atomic mass is 35.5. The van der Waals surface area contributed by atoms with Crippen LogP contribution in [0.3, 0.4) is 0 Å². The first-order chi connectivity index (χ1) is 8.99. The third kappa shape index (κ3) is 3.87. The van der Waals surface area contributed by atoms with Crippen molar-refractivity contribution < 1.29 is 0 Å². The summed E-state index contributed by atoms with van der Waals surface area (Å²) in [5.74, 6) is 1.72. The minimum Gasteiger partial charge on any atom is -0.373 e. The van der Waals surface area contributed by atoms with Gasteiger partial charge in [0.05, 0.1) is 10.7 Å². The van der Waals surface area contributed by atoms with Gasteiger partial charge in [-0.15, -0.1) is 0 Å². The van der Waals surface area contributed by atoms with Crippen molar-refractivity contribution in [3.8, 4) is 0 Å². The number of anilines is 1. The number of nitrogens with zero attached hydrogens (tertiary/aromatic N) is 1. The first-order valence-electron chi connectivity index (χ1n) is 7.21. The average Bonchev–Trinajstić information content (AvgIpc) is 3.01. The van der Waals surface area contributed by atoms with Gasteiger partial charge < -0.3 is 10.2 Å². The van der Waals surface area contributed by atoms with E-state index in [0.29, 0.717) is 6.04 Å². The fourth-order valence-corrected chi connectivity index (χ4v) is 2.88. The van der Waals surface area contributed by atoms with Crippen LogP contribution in [0.15, 0.2) is 18.2 Å². The minimum absolute atomic E-state index is 0.487. The number of nitrogens with one attached hydrogen (secondary N) is 1. The van der Waals surface area contributed by atoms with Gasteiger partial charge in [-0.3, -0.25) is 0 Å². The van der Waals surface area contributed by atoms with Gasteiger partial charge in [-0.05, 0) is 29.9 Å². The fraction of sp³-hybridized carbons (Fsp3) is 0.625. The molecule has 0 aliphatic heterocycles. The summed E-state index contributed by atoms with van der Waals surface area (Å²) < 4.78 is 0. The lowest BCUT2D eigenvalue weighted by molar-refractivity contribution is 0.587. The molecule has 1 aliphatic rings. The lowest BCUT2D eigenvalue weighted by Gasteiger charge is -2.24. The van der Waals surface area contributed by atoms with Crippen molar-refractivity contribution in [3.63, 3.8) is 0 Å². The van der Waals surface area contributed by atoms with E-state index in [1.807, 2.05) is 12.1 Å². The van der Waals surface area contributed by atoms with E-state index in [1.165, 1.54) is 17.7 Å². The largest absolute Gasteiger partial charge is 0.373 e. The predicted molar refractivity (Wildman–Crippen MR) is 84.0 cm³/mol. The van der Waals surface area contributed by atoms with E-state index >= 15 is 0 Å². The molecular weight excluding hydrogens is 256 g/mol. The van der Waals surface area contributed by atoms with Gasteiger partial charge in [0.2, 0.25) is 0 Å². The van der Waals surface area contributed by atoms with Crippen LogP contribution in [-0.2, 0) is 6.54 Å². The standard InChI is InChI=1S/C16H25ClN2/c1-11(2)18-9-13-6-5-7-15(17)16(13)19(4)10-14-8-12(14)3/h5-7,11-12,14,18H,8-10H2,1-4H3. The Kier molecular flexibility index (Phi) is 4.75. The zero-order valence-electron chi connectivity index (χ0n) is 12.4. The van der Waals surface area contributed by atoms with Gasteiger partial charge in [0.15, 0.2) is 0 Å². The number of hydrogen-bond acceptors (Lipinski definition) is 2. The van der Waals surface area contributed by atoms with Crippen LogP contribution in [0.4, 0.5) is 5.69 Å². The molecule has 0 amide bonds. The molecule has 0 saturated heterocycles. The topological polar surface area (TPSA) is 15.3 Å². The van der Waals surface area contributed by atoms with Crippen LogP contribution in [0.1, 0.15) is 32.8 Å². The molecule has 0 aromatic heterocycles. The molecule has 1 N–H and O–H groups in total. The zero-order valence-corrected chi connectivity index (χ0v) is 13.2. The second-order valence-corrected chi connectivity index (χ2v) is 6.54. The highest BCUT2D eigenvalue weighted by molar-refractivity contribution is 6.33. The first kappa shape index (κ1) is 14.7. The molecule has 1 aromatic rings. The van der Waals surface area contributed by atoms with Crippen molar-refractivity contribution in [1.82, 2.24) is 5.32 Å². The molecular formula is C16H25ClN2. The van der Waals surface area contributed by atoms with Crippen LogP contribution in [0, 0.1) is 11.8 Å². The van der Waals surface area contributed by atoms with Gasteiger partial charge in [-0.1, -0.05) is 44.5 Å². The summed E-state index contributed by atoms with van der Waals surface area (Å²) in [6.07, 6.45) is 1.36. The third-order valence-electron chi connectivity index (χ3n) is 3.94. The van der Waals surface area contributed by atoms with E-state index in [2.05, 4.69) is 44.1 Å². The second-order valence-electron chi connectivity index (χ2n) is 6.14. The summed E-state index contributed by atoms with van der Waals surface area (Å²) >= 11 is 6.41. The van der Waals surface area contributed by atoms with E-state index in [0.717, 1.165) is 29.9 Å². The Morgan fingerprint density at radius 1 is 1.42 bits per heavy atom. The number of hydrogen-bond donors (Lipinski definition) is 1. The van der Waals surface area contributed by atoms with Gasteiger partial charge in [-0.2, -0.15) is 0 Å². The highest BCUT2D eigenvalue weighted by Crippen LogP contribution is 2.40. The van der Waals surface area contributed by atoms with Crippen molar-refractivity contribution in [2.75, 3.05) is 18.5 Å². The van der Waals surface area contributed by atoms with Crippen LogP contribution in [-0.4, -0.2) is 19.6 Å².